The largest absolute Gasteiger partial charge is 0.505 e. The molecule has 0 atom stereocenters. The van der Waals surface area contributed by atoms with Crippen LogP contribution in [0.2, 0.25) is 0 Å². The maximum absolute atomic E-state index is 9.95. The number of benzene rings is 2. The summed E-state index contributed by atoms with van der Waals surface area (Å²) in [4.78, 5) is 0. The number of para-hydroxylation sites is 1. The molecule has 0 bridgehead atoms. The van der Waals surface area contributed by atoms with E-state index in [1.54, 1.807) is 36.4 Å². The van der Waals surface area contributed by atoms with Gasteiger partial charge in [0.25, 0.3) is 0 Å². The van der Waals surface area contributed by atoms with Crippen molar-refractivity contribution in [2.24, 2.45) is 16.1 Å². The van der Waals surface area contributed by atoms with E-state index in [-0.39, 0.29) is 11.6 Å². The van der Waals surface area contributed by atoms with Gasteiger partial charge in [0, 0.05) is 11.1 Å². The molecule has 0 aromatic heterocycles. The lowest BCUT2D eigenvalue weighted by Crippen LogP contribution is -2.12. The molecule has 0 radical (unpaired) electrons. The van der Waals surface area contributed by atoms with E-state index in [1.165, 1.54) is 0 Å². The van der Waals surface area contributed by atoms with E-state index in [2.05, 4.69) is 10.3 Å². The minimum Gasteiger partial charge on any atom is -0.505 e. The Morgan fingerprint density at radius 2 is 1.89 bits per heavy atom. The average Bonchev–Trinajstić information content (AvgIpc) is 2.42. The molecule has 6 N–H and O–H groups in total. The second kappa shape index (κ2) is 5.18. The third-order valence-corrected chi connectivity index (χ3v) is 2.69. The maximum atomic E-state index is 9.95. The van der Waals surface area contributed by atoms with Crippen molar-refractivity contribution in [3.63, 3.8) is 0 Å². The van der Waals surface area contributed by atoms with Crippen LogP contribution in [0, 0.1) is 5.53 Å². The first-order valence-electron chi connectivity index (χ1n) is 5.51. The van der Waals surface area contributed by atoms with Gasteiger partial charge in [0.15, 0.2) is 5.84 Å². The summed E-state index contributed by atoms with van der Waals surface area (Å²) in [6.45, 7) is 0. The van der Waals surface area contributed by atoms with E-state index in [0.717, 1.165) is 5.56 Å². The van der Waals surface area contributed by atoms with Gasteiger partial charge >= 0.3 is 0 Å². The van der Waals surface area contributed by atoms with Crippen LogP contribution < -0.4 is 11.5 Å². The molecule has 0 saturated carbocycles. The van der Waals surface area contributed by atoms with Crippen molar-refractivity contribution >= 4 is 11.5 Å². The Morgan fingerprint density at radius 3 is 2.63 bits per heavy atom. The number of phenols is 1. The van der Waals surface area contributed by atoms with Crippen LogP contribution in [0.3, 0.4) is 0 Å². The van der Waals surface area contributed by atoms with Crippen LogP contribution in [0.25, 0.3) is 11.1 Å². The van der Waals surface area contributed by atoms with E-state index in [9.17, 15) is 5.11 Å². The predicted octanol–water partition coefficient (Wildman–Crippen LogP) is 2.29. The van der Waals surface area contributed by atoms with Crippen LogP contribution >= 0.6 is 0 Å². The highest BCUT2D eigenvalue weighted by atomic mass is 16.3. The fourth-order valence-corrected chi connectivity index (χ4v) is 1.75. The highest BCUT2D eigenvalue weighted by Crippen LogP contribution is 2.33. The summed E-state index contributed by atoms with van der Waals surface area (Å²) in [5, 5.41) is 16.3. The monoisotopic (exact) mass is 255 g/mol. The van der Waals surface area contributed by atoms with Crippen molar-refractivity contribution in [2.75, 3.05) is 5.73 Å². The Bertz CT molecular complexity index is 651. The zero-order chi connectivity index (χ0) is 13.8. The molecule has 0 spiro atoms. The number of anilines is 1. The van der Waals surface area contributed by atoms with Gasteiger partial charge in [-0.1, -0.05) is 35.6 Å². The lowest BCUT2D eigenvalue weighted by molar-refractivity contribution is 0.480. The van der Waals surface area contributed by atoms with E-state index in [0.29, 0.717) is 16.8 Å². The van der Waals surface area contributed by atoms with Crippen LogP contribution in [-0.4, -0.2) is 10.9 Å². The van der Waals surface area contributed by atoms with Crippen molar-refractivity contribution in [1.29, 1.82) is 5.53 Å². The third kappa shape index (κ3) is 2.52. The number of amidine groups is 1. The Labute approximate surface area is 109 Å². The van der Waals surface area contributed by atoms with Crippen molar-refractivity contribution in [1.82, 2.24) is 0 Å². The Hall–Kier alpha value is -2.89. The molecule has 6 nitrogen and oxygen atoms in total. The number of aromatic hydroxyl groups is 1. The molecule has 2 aromatic carbocycles. The first kappa shape index (κ1) is 12.6. The number of nitrogen functional groups attached to an aromatic ring is 1. The molecule has 0 aliphatic rings. The minimum absolute atomic E-state index is 0.0281. The van der Waals surface area contributed by atoms with Gasteiger partial charge in [-0.3, -0.25) is 0 Å². The van der Waals surface area contributed by atoms with E-state index < -0.39 is 0 Å². The van der Waals surface area contributed by atoms with Crippen LogP contribution in [0.1, 0.15) is 5.56 Å². The van der Waals surface area contributed by atoms with Gasteiger partial charge in [0.1, 0.15) is 5.75 Å². The smallest absolute Gasteiger partial charge is 0.155 e. The van der Waals surface area contributed by atoms with Gasteiger partial charge < -0.3 is 16.6 Å². The Morgan fingerprint density at radius 1 is 1.16 bits per heavy atom. The quantitative estimate of drug-likeness (QED) is 0.168. The molecule has 96 valence electrons. The standard InChI is InChI=1S/C13H13N5O/c14-11-6-2-5-10(12(11)19)8-3-1-4-9(7-8)13(15)17-18-16/h1-7,19H,14H2,(H3,15,16,17). The highest BCUT2D eigenvalue weighted by Gasteiger charge is 2.08. The topological polar surface area (TPSA) is 121 Å². The number of nitrogens with zero attached hydrogens (tertiary/aromatic N) is 2. The summed E-state index contributed by atoms with van der Waals surface area (Å²) in [5.74, 6) is 0.167. The Kier molecular flexibility index (Phi) is 3.42. The second-order valence-corrected chi connectivity index (χ2v) is 3.91. The fourth-order valence-electron chi connectivity index (χ4n) is 1.75. The molecule has 19 heavy (non-hydrogen) atoms. The number of nitrogens with one attached hydrogen (secondary N) is 1. The van der Waals surface area contributed by atoms with Crippen molar-refractivity contribution in [3.8, 4) is 16.9 Å². The molecule has 2 aromatic rings. The normalized spacial score (nSPS) is 11.3. The number of hydrogen-bond acceptors (Lipinski definition) is 4. The molecule has 2 rings (SSSR count). The maximum Gasteiger partial charge on any atom is 0.155 e. The first-order chi connectivity index (χ1) is 9.13. The van der Waals surface area contributed by atoms with Crippen molar-refractivity contribution in [3.05, 3.63) is 48.0 Å². The fraction of sp³-hybridized carbons (Fsp3) is 0. The zero-order valence-corrected chi connectivity index (χ0v) is 10.0. The van der Waals surface area contributed by atoms with Crippen molar-refractivity contribution < 1.29 is 5.11 Å². The average molecular weight is 255 g/mol. The Balaban J connectivity index is 2.52. The molecular weight excluding hydrogens is 242 g/mol. The van der Waals surface area contributed by atoms with E-state index in [1.807, 2.05) is 6.07 Å². The third-order valence-electron chi connectivity index (χ3n) is 2.69. The summed E-state index contributed by atoms with van der Waals surface area (Å²) in [7, 11) is 0. The molecule has 0 aliphatic heterocycles. The zero-order valence-electron chi connectivity index (χ0n) is 10.0. The predicted molar refractivity (Wildman–Crippen MR) is 73.8 cm³/mol. The number of phenolic OH excluding ortho intramolecular Hbond substituents is 1. The molecule has 0 saturated heterocycles. The summed E-state index contributed by atoms with van der Waals surface area (Å²) in [5.41, 5.74) is 20.3. The van der Waals surface area contributed by atoms with E-state index >= 15 is 0 Å². The van der Waals surface area contributed by atoms with Gasteiger partial charge in [0.2, 0.25) is 0 Å². The van der Waals surface area contributed by atoms with Crippen molar-refractivity contribution in [2.45, 2.75) is 0 Å². The van der Waals surface area contributed by atoms with Crippen LogP contribution in [0.4, 0.5) is 5.69 Å². The lowest BCUT2D eigenvalue weighted by Gasteiger charge is -2.08. The SMILES string of the molecule is N=NN=C(N)c1cccc(-c2cccc(N)c2O)c1. The van der Waals surface area contributed by atoms with Gasteiger partial charge in [0.05, 0.1) is 5.69 Å². The van der Waals surface area contributed by atoms with Crippen LogP contribution in [0.5, 0.6) is 5.75 Å². The highest BCUT2D eigenvalue weighted by molar-refractivity contribution is 5.98. The molecule has 0 amide bonds. The molecule has 0 heterocycles. The van der Waals surface area contributed by atoms with Crippen LogP contribution in [0.15, 0.2) is 52.8 Å². The molecular formula is C13H13N5O. The minimum atomic E-state index is 0.0281. The number of hydrogen-bond donors (Lipinski definition) is 4. The summed E-state index contributed by atoms with van der Waals surface area (Å²) in [6, 6.07) is 12.2. The van der Waals surface area contributed by atoms with Gasteiger partial charge in [-0.05, 0) is 17.7 Å². The van der Waals surface area contributed by atoms with Gasteiger partial charge in [-0.25, -0.2) is 0 Å². The molecule has 0 unspecified atom stereocenters. The molecule has 0 aliphatic carbocycles. The van der Waals surface area contributed by atoms with Gasteiger partial charge in [-0.2, -0.15) is 5.53 Å². The van der Waals surface area contributed by atoms with E-state index in [4.69, 9.17) is 17.0 Å². The summed E-state index contributed by atoms with van der Waals surface area (Å²) in [6.07, 6.45) is 0. The second-order valence-electron chi connectivity index (χ2n) is 3.91. The number of nitrogens with two attached hydrogens (primary N) is 2. The first-order valence-corrected chi connectivity index (χ1v) is 5.51. The molecule has 0 fully saturated rings. The summed E-state index contributed by atoms with van der Waals surface area (Å²) >= 11 is 0. The molecule has 6 heteroatoms. The van der Waals surface area contributed by atoms with Gasteiger partial charge in [-0.15, -0.1) is 5.10 Å². The lowest BCUT2D eigenvalue weighted by atomic mass is 10.0. The number of rotatable bonds is 3. The van der Waals surface area contributed by atoms with Crippen LogP contribution in [-0.2, 0) is 0 Å². The summed E-state index contributed by atoms with van der Waals surface area (Å²) < 4.78 is 0.